The molecule has 1 saturated carbocycles. The molecule has 0 aromatic carbocycles. The largest absolute Gasteiger partial charge is 0.331 e. The highest BCUT2D eigenvalue weighted by atomic mass is 15.3. The second-order valence-electron chi connectivity index (χ2n) is 6.39. The van der Waals surface area contributed by atoms with E-state index in [4.69, 9.17) is 0 Å². The van der Waals surface area contributed by atoms with Gasteiger partial charge in [-0.3, -0.25) is 0 Å². The van der Waals surface area contributed by atoms with Crippen molar-refractivity contribution in [3.8, 4) is 11.4 Å². The Hall–Kier alpha value is -2.17. The molecular formula is C17H21N5. The summed E-state index contributed by atoms with van der Waals surface area (Å²) in [7, 11) is 0. The lowest BCUT2D eigenvalue weighted by Gasteiger charge is -2.12. The van der Waals surface area contributed by atoms with E-state index in [0.717, 1.165) is 40.9 Å². The van der Waals surface area contributed by atoms with Crippen molar-refractivity contribution in [1.29, 1.82) is 0 Å². The van der Waals surface area contributed by atoms with Gasteiger partial charge in [0.1, 0.15) is 5.82 Å². The molecule has 0 atom stereocenters. The molecule has 0 spiro atoms. The van der Waals surface area contributed by atoms with Crippen molar-refractivity contribution >= 4 is 5.65 Å². The molecule has 0 saturated heterocycles. The van der Waals surface area contributed by atoms with Crippen LogP contribution in [0.15, 0.2) is 24.7 Å². The Morgan fingerprint density at radius 1 is 1.23 bits per heavy atom. The van der Waals surface area contributed by atoms with Crippen LogP contribution in [0.3, 0.4) is 0 Å². The fraction of sp³-hybridized carbons (Fsp3) is 0.471. The van der Waals surface area contributed by atoms with E-state index in [-0.39, 0.29) is 0 Å². The van der Waals surface area contributed by atoms with Gasteiger partial charge in [0.2, 0.25) is 0 Å². The molecule has 5 heteroatoms. The lowest BCUT2D eigenvalue weighted by atomic mass is 10.1. The lowest BCUT2D eigenvalue weighted by Crippen LogP contribution is -2.08. The van der Waals surface area contributed by atoms with Gasteiger partial charge in [0, 0.05) is 30.3 Å². The van der Waals surface area contributed by atoms with E-state index in [1.54, 1.807) is 0 Å². The van der Waals surface area contributed by atoms with Gasteiger partial charge >= 0.3 is 0 Å². The Bertz CT molecular complexity index is 808. The third-order valence-corrected chi connectivity index (χ3v) is 4.66. The van der Waals surface area contributed by atoms with Crippen LogP contribution < -0.4 is 0 Å². The van der Waals surface area contributed by atoms with Gasteiger partial charge < -0.3 is 4.57 Å². The highest BCUT2D eigenvalue weighted by Crippen LogP contribution is 2.29. The SMILES string of the molecule is Cc1cc(C)n2ncc(-c3nccn3CC3CCCC3)c2n1. The molecule has 3 heterocycles. The van der Waals surface area contributed by atoms with Crippen molar-refractivity contribution in [2.24, 2.45) is 5.92 Å². The Morgan fingerprint density at radius 3 is 2.86 bits per heavy atom. The monoisotopic (exact) mass is 295 g/mol. The van der Waals surface area contributed by atoms with E-state index in [9.17, 15) is 0 Å². The van der Waals surface area contributed by atoms with Gasteiger partial charge in [0.15, 0.2) is 5.65 Å². The molecule has 3 aromatic rings. The standard InChI is InChI=1S/C17H21N5/c1-12-9-13(2)22-17(20-12)15(10-19-22)16-18-7-8-21(16)11-14-5-3-4-6-14/h7-10,14H,3-6,11H2,1-2H3. The van der Waals surface area contributed by atoms with Gasteiger partial charge in [0.05, 0.1) is 11.8 Å². The quantitative estimate of drug-likeness (QED) is 0.744. The molecule has 0 aliphatic heterocycles. The van der Waals surface area contributed by atoms with Crippen molar-refractivity contribution in [2.45, 2.75) is 46.1 Å². The summed E-state index contributed by atoms with van der Waals surface area (Å²) >= 11 is 0. The third-order valence-electron chi connectivity index (χ3n) is 4.66. The van der Waals surface area contributed by atoms with Gasteiger partial charge in [-0.2, -0.15) is 5.10 Å². The predicted molar refractivity (Wildman–Crippen MR) is 85.6 cm³/mol. The van der Waals surface area contributed by atoms with Gasteiger partial charge in [-0.1, -0.05) is 12.8 Å². The normalized spacial score (nSPS) is 15.9. The van der Waals surface area contributed by atoms with Crippen LogP contribution in [0.2, 0.25) is 0 Å². The summed E-state index contributed by atoms with van der Waals surface area (Å²) in [5.41, 5.74) is 4.04. The van der Waals surface area contributed by atoms with E-state index in [1.807, 2.05) is 23.8 Å². The zero-order valence-electron chi connectivity index (χ0n) is 13.2. The predicted octanol–water partition coefficient (Wildman–Crippen LogP) is 3.40. The van der Waals surface area contributed by atoms with Crippen LogP contribution in [0.1, 0.15) is 37.1 Å². The average molecular weight is 295 g/mol. The summed E-state index contributed by atoms with van der Waals surface area (Å²) in [4.78, 5) is 9.25. The molecule has 1 aliphatic rings. The maximum Gasteiger partial charge on any atom is 0.166 e. The molecule has 1 aliphatic carbocycles. The van der Waals surface area contributed by atoms with E-state index in [0.29, 0.717) is 0 Å². The van der Waals surface area contributed by atoms with E-state index in [1.165, 1.54) is 25.7 Å². The molecule has 1 fully saturated rings. The van der Waals surface area contributed by atoms with E-state index in [2.05, 4.69) is 38.8 Å². The van der Waals surface area contributed by atoms with Crippen molar-refractivity contribution in [1.82, 2.24) is 24.1 Å². The minimum Gasteiger partial charge on any atom is -0.331 e. The maximum atomic E-state index is 4.67. The van der Waals surface area contributed by atoms with Crippen LogP contribution in [0.4, 0.5) is 0 Å². The number of imidazole rings is 1. The highest BCUT2D eigenvalue weighted by Gasteiger charge is 2.19. The molecule has 114 valence electrons. The molecule has 0 bridgehead atoms. The Balaban J connectivity index is 1.77. The molecule has 0 radical (unpaired) electrons. The molecule has 22 heavy (non-hydrogen) atoms. The van der Waals surface area contributed by atoms with Crippen molar-refractivity contribution in [3.05, 3.63) is 36.0 Å². The molecule has 3 aromatic heterocycles. The first kappa shape index (κ1) is 13.5. The van der Waals surface area contributed by atoms with Crippen LogP contribution in [0.5, 0.6) is 0 Å². The zero-order valence-corrected chi connectivity index (χ0v) is 13.2. The summed E-state index contributed by atoms with van der Waals surface area (Å²) in [6, 6.07) is 2.05. The first-order chi connectivity index (χ1) is 10.7. The maximum absolute atomic E-state index is 4.67. The summed E-state index contributed by atoms with van der Waals surface area (Å²) in [5.74, 6) is 1.77. The number of fused-ring (bicyclic) bond motifs is 1. The minimum atomic E-state index is 0.784. The first-order valence-corrected chi connectivity index (χ1v) is 8.06. The van der Waals surface area contributed by atoms with Crippen molar-refractivity contribution < 1.29 is 0 Å². The minimum absolute atomic E-state index is 0.784. The number of rotatable bonds is 3. The lowest BCUT2D eigenvalue weighted by molar-refractivity contribution is 0.460. The molecule has 0 unspecified atom stereocenters. The highest BCUT2D eigenvalue weighted by molar-refractivity contribution is 5.72. The zero-order chi connectivity index (χ0) is 15.1. The summed E-state index contributed by atoms with van der Waals surface area (Å²) in [5, 5.41) is 4.49. The van der Waals surface area contributed by atoms with E-state index >= 15 is 0 Å². The Labute approximate surface area is 130 Å². The van der Waals surface area contributed by atoms with Gasteiger partial charge in [-0.15, -0.1) is 0 Å². The molecule has 0 N–H and O–H groups in total. The van der Waals surface area contributed by atoms with Gasteiger partial charge in [0.25, 0.3) is 0 Å². The van der Waals surface area contributed by atoms with Crippen molar-refractivity contribution in [3.63, 3.8) is 0 Å². The number of nitrogens with zero attached hydrogens (tertiary/aromatic N) is 5. The van der Waals surface area contributed by atoms with Crippen LogP contribution in [0.25, 0.3) is 17.0 Å². The summed E-state index contributed by atoms with van der Waals surface area (Å²) in [6.45, 7) is 5.13. The molecular weight excluding hydrogens is 274 g/mol. The Morgan fingerprint density at radius 2 is 2.05 bits per heavy atom. The van der Waals surface area contributed by atoms with Gasteiger partial charge in [-0.05, 0) is 38.7 Å². The van der Waals surface area contributed by atoms with Crippen LogP contribution in [-0.2, 0) is 6.54 Å². The number of aromatic nitrogens is 5. The van der Waals surface area contributed by atoms with E-state index < -0.39 is 0 Å². The number of aryl methyl sites for hydroxylation is 2. The van der Waals surface area contributed by atoms with Gasteiger partial charge in [-0.25, -0.2) is 14.5 Å². The van der Waals surface area contributed by atoms with Crippen LogP contribution in [-0.4, -0.2) is 24.1 Å². The second-order valence-corrected chi connectivity index (χ2v) is 6.39. The molecule has 4 rings (SSSR count). The third kappa shape index (κ3) is 2.21. The second kappa shape index (κ2) is 5.23. The number of hydrogen-bond donors (Lipinski definition) is 0. The fourth-order valence-electron chi connectivity index (χ4n) is 3.60. The molecule has 0 amide bonds. The molecule has 5 nitrogen and oxygen atoms in total. The van der Waals surface area contributed by atoms with Crippen molar-refractivity contribution in [2.75, 3.05) is 0 Å². The summed E-state index contributed by atoms with van der Waals surface area (Å²) in [6.07, 6.45) is 11.3. The number of hydrogen-bond acceptors (Lipinski definition) is 3. The average Bonchev–Trinajstić information content (AvgIpc) is 3.19. The Kier molecular flexibility index (Phi) is 3.21. The van der Waals surface area contributed by atoms with Crippen LogP contribution >= 0.6 is 0 Å². The topological polar surface area (TPSA) is 48.0 Å². The smallest absolute Gasteiger partial charge is 0.166 e. The van der Waals surface area contributed by atoms with Crippen LogP contribution in [0, 0.1) is 19.8 Å². The summed E-state index contributed by atoms with van der Waals surface area (Å²) < 4.78 is 4.17. The first-order valence-electron chi connectivity index (χ1n) is 8.06. The fourth-order valence-corrected chi connectivity index (χ4v) is 3.60.